The number of benzene rings is 4. The van der Waals surface area contributed by atoms with Crippen LogP contribution in [0.25, 0.3) is 33.3 Å². The minimum Gasteiger partial charge on any atom is -0.495 e. The van der Waals surface area contributed by atoms with Crippen LogP contribution in [0.2, 0.25) is 0 Å². The van der Waals surface area contributed by atoms with E-state index in [9.17, 15) is 4.79 Å². The molecule has 0 atom stereocenters. The second-order valence-corrected chi connectivity index (χ2v) is 6.92. The van der Waals surface area contributed by atoms with Crippen molar-refractivity contribution in [1.29, 1.82) is 0 Å². The second kappa shape index (κ2) is 7.37. The van der Waals surface area contributed by atoms with Gasteiger partial charge in [-0.2, -0.15) is 0 Å². The average Bonchev–Trinajstić information content (AvgIpc) is 3.23. The Labute approximate surface area is 172 Å². The Bertz CT molecular complexity index is 1350. The molecule has 5 rings (SSSR count). The van der Waals surface area contributed by atoms with Gasteiger partial charge in [0, 0.05) is 11.1 Å². The first kappa shape index (κ1) is 17.9. The van der Waals surface area contributed by atoms with Gasteiger partial charge in [-0.3, -0.25) is 4.79 Å². The number of amides is 1. The van der Waals surface area contributed by atoms with Gasteiger partial charge in [-0.1, -0.05) is 42.5 Å². The van der Waals surface area contributed by atoms with Crippen LogP contribution in [0.15, 0.2) is 89.3 Å². The molecule has 1 heterocycles. The van der Waals surface area contributed by atoms with Crippen LogP contribution < -0.4 is 10.1 Å². The first-order chi connectivity index (χ1) is 14.7. The first-order valence-corrected chi connectivity index (χ1v) is 9.55. The molecule has 0 aliphatic carbocycles. The van der Waals surface area contributed by atoms with Gasteiger partial charge in [0.15, 0.2) is 5.58 Å². The van der Waals surface area contributed by atoms with E-state index in [1.807, 2.05) is 78.9 Å². The molecule has 0 bridgehead atoms. The Morgan fingerprint density at radius 3 is 2.53 bits per heavy atom. The van der Waals surface area contributed by atoms with E-state index in [1.54, 1.807) is 13.2 Å². The van der Waals surface area contributed by atoms with E-state index in [0.717, 1.165) is 21.9 Å². The molecule has 146 valence electrons. The van der Waals surface area contributed by atoms with Crippen molar-refractivity contribution in [2.45, 2.75) is 0 Å². The molecule has 5 heteroatoms. The monoisotopic (exact) mass is 394 g/mol. The number of para-hydroxylation sites is 2. The lowest BCUT2D eigenvalue weighted by molar-refractivity contribution is 0.102. The lowest BCUT2D eigenvalue weighted by Gasteiger charge is -2.12. The van der Waals surface area contributed by atoms with E-state index < -0.39 is 0 Å². The summed E-state index contributed by atoms with van der Waals surface area (Å²) in [5.74, 6) is 0.831. The van der Waals surface area contributed by atoms with Gasteiger partial charge in [0.25, 0.3) is 5.91 Å². The fourth-order valence-corrected chi connectivity index (χ4v) is 3.46. The molecule has 1 aromatic heterocycles. The average molecular weight is 394 g/mol. The van der Waals surface area contributed by atoms with Gasteiger partial charge in [-0.15, -0.1) is 0 Å². The zero-order valence-corrected chi connectivity index (χ0v) is 16.3. The highest BCUT2D eigenvalue weighted by Crippen LogP contribution is 2.32. The predicted octanol–water partition coefficient (Wildman–Crippen LogP) is 5.91. The maximum atomic E-state index is 12.9. The Hall–Kier alpha value is -4.12. The summed E-state index contributed by atoms with van der Waals surface area (Å²) in [7, 11) is 1.57. The number of fused-ring (bicyclic) bond motifs is 2. The molecule has 1 N–H and O–H groups in total. The minimum absolute atomic E-state index is 0.214. The van der Waals surface area contributed by atoms with Crippen LogP contribution in [0.4, 0.5) is 5.69 Å². The van der Waals surface area contributed by atoms with Crippen molar-refractivity contribution in [1.82, 2.24) is 4.98 Å². The summed E-state index contributed by atoms with van der Waals surface area (Å²) >= 11 is 0. The summed E-state index contributed by atoms with van der Waals surface area (Å²) < 4.78 is 11.3. The molecule has 0 unspecified atom stereocenters. The summed E-state index contributed by atoms with van der Waals surface area (Å²) in [6.07, 6.45) is 0. The van der Waals surface area contributed by atoms with Gasteiger partial charge >= 0.3 is 0 Å². The van der Waals surface area contributed by atoms with Gasteiger partial charge < -0.3 is 14.5 Å². The number of methoxy groups -OCH3 is 1. The van der Waals surface area contributed by atoms with Crippen LogP contribution in [0.3, 0.4) is 0 Å². The number of rotatable bonds is 4. The Kier molecular flexibility index (Phi) is 4.41. The summed E-state index contributed by atoms with van der Waals surface area (Å²) in [4.78, 5) is 17.4. The number of carbonyl (C=O) groups is 1. The van der Waals surface area contributed by atoms with Gasteiger partial charge in [0.1, 0.15) is 11.3 Å². The maximum Gasteiger partial charge on any atom is 0.255 e. The normalized spacial score (nSPS) is 11.0. The molecule has 0 radical (unpaired) electrons. The summed E-state index contributed by atoms with van der Waals surface area (Å²) in [6, 6.07) is 26.6. The number of ether oxygens (including phenoxy) is 1. The van der Waals surface area contributed by atoms with Gasteiger partial charge in [0.05, 0.1) is 12.8 Å². The lowest BCUT2D eigenvalue weighted by Crippen LogP contribution is -2.12. The van der Waals surface area contributed by atoms with Crippen LogP contribution in [0, 0.1) is 0 Å². The molecule has 5 aromatic rings. The molecule has 0 saturated heterocycles. The van der Waals surface area contributed by atoms with Gasteiger partial charge in [0.2, 0.25) is 5.89 Å². The Balaban J connectivity index is 1.49. The fraction of sp³-hybridized carbons (Fsp3) is 0.0400. The minimum atomic E-state index is -0.214. The number of hydrogen-bond donors (Lipinski definition) is 1. The first-order valence-electron chi connectivity index (χ1n) is 9.55. The zero-order valence-electron chi connectivity index (χ0n) is 16.3. The van der Waals surface area contributed by atoms with Crippen molar-refractivity contribution in [2.24, 2.45) is 0 Å². The molecule has 0 fully saturated rings. The SMILES string of the molecule is COc1ccc(-c2nc3ccccc3o2)cc1NC(=O)c1ccc2ccccc2c1. The van der Waals surface area contributed by atoms with E-state index in [4.69, 9.17) is 9.15 Å². The van der Waals surface area contributed by atoms with Crippen LogP contribution in [0.5, 0.6) is 5.75 Å². The third-order valence-corrected chi connectivity index (χ3v) is 5.00. The fourth-order valence-electron chi connectivity index (χ4n) is 3.46. The molecule has 0 saturated carbocycles. The molecule has 0 spiro atoms. The number of anilines is 1. The standard InChI is InChI=1S/C25H18N2O3/c1-29-22-13-12-19(25-27-20-8-4-5-9-23(20)30-25)15-21(22)26-24(28)18-11-10-16-6-2-3-7-17(16)14-18/h2-15H,1H3,(H,26,28). The van der Waals surface area contributed by atoms with Crippen LogP contribution in [0.1, 0.15) is 10.4 Å². The highest BCUT2D eigenvalue weighted by Gasteiger charge is 2.14. The number of nitrogens with zero attached hydrogens (tertiary/aromatic N) is 1. The molecular weight excluding hydrogens is 376 g/mol. The number of carbonyl (C=O) groups excluding carboxylic acids is 1. The van der Waals surface area contributed by atoms with E-state index in [1.165, 1.54) is 0 Å². The maximum absolute atomic E-state index is 12.9. The Morgan fingerprint density at radius 2 is 1.70 bits per heavy atom. The summed E-state index contributed by atoms with van der Waals surface area (Å²) in [5, 5.41) is 5.05. The molecular formula is C25H18N2O3. The Morgan fingerprint density at radius 1 is 0.900 bits per heavy atom. The smallest absolute Gasteiger partial charge is 0.255 e. The van der Waals surface area contributed by atoms with E-state index >= 15 is 0 Å². The summed E-state index contributed by atoms with van der Waals surface area (Å²) in [5.41, 5.74) is 3.37. The molecule has 0 aliphatic heterocycles. The third kappa shape index (κ3) is 3.26. The molecule has 5 nitrogen and oxygen atoms in total. The molecule has 4 aromatic carbocycles. The van der Waals surface area contributed by atoms with Gasteiger partial charge in [-0.05, 0) is 53.2 Å². The third-order valence-electron chi connectivity index (χ3n) is 5.00. The molecule has 0 aliphatic rings. The zero-order chi connectivity index (χ0) is 20.5. The molecule has 1 amide bonds. The predicted molar refractivity (Wildman–Crippen MR) is 118 cm³/mol. The van der Waals surface area contributed by atoms with Crippen LogP contribution in [-0.4, -0.2) is 18.0 Å². The number of nitrogens with one attached hydrogen (secondary N) is 1. The van der Waals surface area contributed by atoms with Crippen LogP contribution in [-0.2, 0) is 0 Å². The van der Waals surface area contributed by atoms with E-state index in [2.05, 4.69) is 10.3 Å². The summed E-state index contributed by atoms with van der Waals surface area (Å²) in [6.45, 7) is 0. The van der Waals surface area contributed by atoms with Crippen LogP contribution >= 0.6 is 0 Å². The molecule has 30 heavy (non-hydrogen) atoms. The van der Waals surface area contributed by atoms with Crippen molar-refractivity contribution >= 4 is 33.5 Å². The van der Waals surface area contributed by atoms with Crippen molar-refractivity contribution in [2.75, 3.05) is 12.4 Å². The lowest BCUT2D eigenvalue weighted by atomic mass is 10.1. The van der Waals surface area contributed by atoms with E-state index in [-0.39, 0.29) is 5.91 Å². The largest absolute Gasteiger partial charge is 0.495 e. The van der Waals surface area contributed by atoms with Crippen molar-refractivity contribution in [3.8, 4) is 17.2 Å². The van der Waals surface area contributed by atoms with Crippen molar-refractivity contribution in [3.05, 3.63) is 90.5 Å². The number of oxazole rings is 1. The quantitative estimate of drug-likeness (QED) is 0.412. The van der Waals surface area contributed by atoms with E-state index in [0.29, 0.717) is 28.5 Å². The second-order valence-electron chi connectivity index (χ2n) is 6.92. The highest BCUT2D eigenvalue weighted by atomic mass is 16.5. The topological polar surface area (TPSA) is 64.4 Å². The highest BCUT2D eigenvalue weighted by molar-refractivity contribution is 6.07. The van der Waals surface area contributed by atoms with Gasteiger partial charge in [-0.25, -0.2) is 4.98 Å². The number of hydrogen-bond acceptors (Lipinski definition) is 4. The number of aromatic nitrogens is 1. The van der Waals surface area contributed by atoms with Crippen molar-refractivity contribution < 1.29 is 13.9 Å². The van der Waals surface area contributed by atoms with Crippen molar-refractivity contribution in [3.63, 3.8) is 0 Å².